The van der Waals surface area contributed by atoms with Crippen LogP contribution < -0.4 is 19.9 Å². The fourth-order valence-corrected chi connectivity index (χ4v) is 3.13. The molecule has 0 radical (unpaired) electrons. The summed E-state index contributed by atoms with van der Waals surface area (Å²) in [6, 6.07) is 5.98. The molecule has 0 saturated carbocycles. The number of aromatic amines is 1. The van der Waals surface area contributed by atoms with E-state index in [-0.39, 0.29) is 11.8 Å². The number of allylic oxidation sites excluding steroid dienone is 1. The maximum atomic E-state index is 9.66. The normalized spacial score (nSPS) is 16.0. The number of nitrogens with two attached hydrogens (primary N) is 1. The summed E-state index contributed by atoms with van der Waals surface area (Å²) in [6.07, 6.45) is 0. The minimum Gasteiger partial charge on any atom is -0.493 e. The van der Waals surface area contributed by atoms with Crippen LogP contribution in [-0.4, -0.2) is 23.9 Å². The Bertz CT molecular complexity index is 892. The Hall–Kier alpha value is -3.14. The fourth-order valence-electron chi connectivity index (χ4n) is 3.13. The van der Waals surface area contributed by atoms with Gasteiger partial charge in [0.25, 0.3) is 0 Å². The van der Waals surface area contributed by atoms with E-state index in [9.17, 15) is 5.26 Å². The van der Waals surface area contributed by atoms with E-state index >= 15 is 0 Å². The summed E-state index contributed by atoms with van der Waals surface area (Å²) < 4.78 is 16.6. The van der Waals surface area contributed by atoms with Gasteiger partial charge in [0.2, 0.25) is 11.8 Å². The van der Waals surface area contributed by atoms with Crippen molar-refractivity contribution in [3.8, 4) is 23.4 Å². The number of rotatable bonds is 4. The molecule has 1 aliphatic rings. The number of nitrogens with zero attached hydrogens (tertiary/aromatic N) is 2. The molecule has 2 aromatic rings. The lowest BCUT2D eigenvalue weighted by atomic mass is 9.82. The molecule has 3 N–H and O–H groups in total. The lowest BCUT2D eigenvalue weighted by molar-refractivity contribution is 0.310. The van der Waals surface area contributed by atoms with Crippen LogP contribution >= 0.6 is 0 Å². The Labute approximate surface area is 146 Å². The van der Waals surface area contributed by atoms with Gasteiger partial charge in [-0.2, -0.15) is 5.26 Å². The summed E-state index contributed by atoms with van der Waals surface area (Å²) in [5.74, 6) is 1.36. The zero-order valence-corrected chi connectivity index (χ0v) is 14.6. The van der Waals surface area contributed by atoms with E-state index < -0.39 is 0 Å². The van der Waals surface area contributed by atoms with Crippen molar-refractivity contribution in [1.29, 1.82) is 5.26 Å². The Morgan fingerprint density at radius 3 is 2.76 bits per heavy atom. The highest BCUT2D eigenvalue weighted by atomic mass is 16.5. The zero-order chi connectivity index (χ0) is 18.1. The van der Waals surface area contributed by atoms with E-state index in [0.717, 1.165) is 22.4 Å². The van der Waals surface area contributed by atoms with Gasteiger partial charge in [-0.1, -0.05) is 0 Å². The summed E-state index contributed by atoms with van der Waals surface area (Å²) in [5, 5.41) is 16.7. The molecule has 1 aromatic heterocycles. The van der Waals surface area contributed by atoms with Gasteiger partial charge in [0.1, 0.15) is 11.6 Å². The van der Waals surface area contributed by atoms with Crippen molar-refractivity contribution in [2.75, 3.05) is 13.7 Å². The number of aromatic nitrogens is 2. The molecule has 25 heavy (non-hydrogen) atoms. The van der Waals surface area contributed by atoms with Crippen LogP contribution in [0.4, 0.5) is 0 Å². The highest BCUT2D eigenvalue weighted by Crippen LogP contribution is 2.45. The smallest absolute Gasteiger partial charge is 0.244 e. The zero-order valence-electron chi connectivity index (χ0n) is 14.6. The van der Waals surface area contributed by atoms with Crippen molar-refractivity contribution >= 4 is 0 Å². The molecule has 1 aliphatic heterocycles. The SMILES string of the molecule is CCOc1cc([C@@H]2C(C#N)=C(N)Oc3n[nH]c(C)c32)c(C)cc1OC. The molecule has 0 spiro atoms. The van der Waals surface area contributed by atoms with E-state index in [1.807, 2.05) is 32.9 Å². The number of ether oxygens (including phenoxy) is 3. The number of methoxy groups -OCH3 is 1. The van der Waals surface area contributed by atoms with Gasteiger partial charge in [-0.05, 0) is 44.0 Å². The highest BCUT2D eigenvalue weighted by Gasteiger charge is 2.35. The van der Waals surface area contributed by atoms with Crippen molar-refractivity contribution in [2.24, 2.45) is 5.73 Å². The second-order valence-electron chi connectivity index (χ2n) is 5.78. The standard InChI is InChI=1S/C18H20N4O3/c1-5-24-14-7-11(9(2)6-13(14)23-4)16-12(8-19)17(20)25-18-15(16)10(3)21-22-18/h6-7,16H,5,20H2,1-4H3,(H,21,22)/t16-/m1/s1. The van der Waals surface area contributed by atoms with Gasteiger partial charge >= 0.3 is 0 Å². The fraction of sp³-hybridized carbons (Fsp3) is 0.333. The molecule has 0 fully saturated rings. The van der Waals surface area contributed by atoms with E-state index in [0.29, 0.717) is 29.6 Å². The summed E-state index contributed by atoms with van der Waals surface area (Å²) in [5.41, 5.74) is 9.82. The molecule has 0 bridgehead atoms. The number of hydrogen-bond donors (Lipinski definition) is 2. The molecule has 0 saturated heterocycles. The van der Waals surface area contributed by atoms with Crippen molar-refractivity contribution in [3.05, 3.63) is 46.0 Å². The molecule has 1 aromatic carbocycles. The number of hydrogen-bond acceptors (Lipinski definition) is 6. The monoisotopic (exact) mass is 340 g/mol. The second-order valence-corrected chi connectivity index (χ2v) is 5.78. The van der Waals surface area contributed by atoms with Gasteiger partial charge in [-0.3, -0.25) is 5.10 Å². The van der Waals surface area contributed by atoms with Crippen LogP contribution in [0.3, 0.4) is 0 Å². The van der Waals surface area contributed by atoms with Crippen LogP contribution in [0.15, 0.2) is 23.6 Å². The molecule has 7 nitrogen and oxygen atoms in total. The topological polar surface area (TPSA) is 106 Å². The molecule has 0 aliphatic carbocycles. The highest BCUT2D eigenvalue weighted by molar-refractivity contribution is 5.59. The van der Waals surface area contributed by atoms with Gasteiger partial charge in [0.05, 0.1) is 19.6 Å². The largest absolute Gasteiger partial charge is 0.493 e. The van der Waals surface area contributed by atoms with Crippen molar-refractivity contribution in [2.45, 2.75) is 26.7 Å². The summed E-state index contributed by atoms with van der Waals surface area (Å²) in [6.45, 7) is 6.26. The van der Waals surface area contributed by atoms with Crippen LogP contribution in [0.25, 0.3) is 0 Å². The number of fused-ring (bicyclic) bond motifs is 1. The van der Waals surface area contributed by atoms with E-state index in [1.54, 1.807) is 7.11 Å². The molecule has 7 heteroatoms. The molecule has 3 rings (SSSR count). The van der Waals surface area contributed by atoms with Crippen LogP contribution in [0.5, 0.6) is 17.4 Å². The second kappa shape index (κ2) is 6.40. The van der Waals surface area contributed by atoms with E-state index in [1.165, 1.54) is 0 Å². The first-order valence-corrected chi connectivity index (χ1v) is 7.95. The molecular formula is C18H20N4O3. The van der Waals surface area contributed by atoms with Crippen LogP contribution in [0.1, 0.15) is 35.2 Å². The number of nitrogens with one attached hydrogen (secondary N) is 1. The predicted molar refractivity (Wildman–Crippen MR) is 91.5 cm³/mol. The molecule has 0 amide bonds. The van der Waals surface area contributed by atoms with Gasteiger partial charge in [-0.25, -0.2) is 0 Å². The quantitative estimate of drug-likeness (QED) is 0.886. The first-order chi connectivity index (χ1) is 12.0. The lowest BCUT2D eigenvalue weighted by Gasteiger charge is -2.25. The molecule has 1 atom stereocenters. The third-order valence-corrected chi connectivity index (χ3v) is 4.29. The number of benzene rings is 1. The number of aryl methyl sites for hydroxylation is 2. The van der Waals surface area contributed by atoms with E-state index in [2.05, 4.69) is 16.3 Å². The molecular weight excluding hydrogens is 320 g/mol. The van der Waals surface area contributed by atoms with Gasteiger partial charge < -0.3 is 19.9 Å². The van der Waals surface area contributed by atoms with Crippen LogP contribution in [0.2, 0.25) is 0 Å². The third kappa shape index (κ3) is 2.66. The molecule has 130 valence electrons. The Morgan fingerprint density at radius 2 is 2.12 bits per heavy atom. The third-order valence-electron chi connectivity index (χ3n) is 4.29. The van der Waals surface area contributed by atoms with Gasteiger partial charge in [0, 0.05) is 11.3 Å². The average molecular weight is 340 g/mol. The minimum atomic E-state index is -0.377. The predicted octanol–water partition coefficient (Wildman–Crippen LogP) is 2.65. The van der Waals surface area contributed by atoms with Gasteiger partial charge in [-0.15, -0.1) is 5.10 Å². The molecule has 0 unspecified atom stereocenters. The maximum Gasteiger partial charge on any atom is 0.244 e. The summed E-state index contributed by atoms with van der Waals surface area (Å²) >= 11 is 0. The van der Waals surface area contributed by atoms with Crippen molar-refractivity contribution in [3.63, 3.8) is 0 Å². The number of H-pyrrole nitrogens is 1. The summed E-state index contributed by atoms with van der Waals surface area (Å²) in [4.78, 5) is 0. The number of nitriles is 1. The average Bonchev–Trinajstić information content (AvgIpc) is 2.95. The van der Waals surface area contributed by atoms with E-state index in [4.69, 9.17) is 19.9 Å². The maximum absolute atomic E-state index is 9.66. The Morgan fingerprint density at radius 1 is 1.36 bits per heavy atom. The van der Waals surface area contributed by atoms with Crippen molar-refractivity contribution < 1.29 is 14.2 Å². The van der Waals surface area contributed by atoms with Crippen molar-refractivity contribution in [1.82, 2.24) is 10.2 Å². The lowest BCUT2D eigenvalue weighted by Crippen LogP contribution is -2.21. The van der Waals surface area contributed by atoms with Crippen LogP contribution in [-0.2, 0) is 0 Å². The van der Waals surface area contributed by atoms with Crippen LogP contribution in [0, 0.1) is 25.2 Å². The minimum absolute atomic E-state index is 0.0691. The van der Waals surface area contributed by atoms with Gasteiger partial charge in [0.15, 0.2) is 11.5 Å². The first kappa shape index (κ1) is 16.7. The Balaban J connectivity index is 2.25. The first-order valence-electron chi connectivity index (χ1n) is 7.95. The molecule has 2 heterocycles. The summed E-state index contributed by atoms with van der Waals surface area (Å²) in [7, 11) is 1.60. The Kier molecular flexibility index (Phi) is 4.28.